The van der Waals surface area contributed by atoms with E-state index in [1.807, 2.05) is 30.3 Å². The van der Waals surface area contributed by atoms with Crippen molar-refractivity contribution in [2.75, 3.05) is 19.7 Å². The first-order valence-electron chi connectivity index (χ1n) is 7.42. The van der Waals surface area contributed by atoms with E-state index in [0.717, 1.165) is 31.9 Å². The van der Waals surface area contributed by atoms with E-state index in [1.54, 1.807) is 0 Å². The predicted molar refractivity (Wildman–Crippen MR) is 84.2 cm³/mol. The third-order valence-corrected chi connectivity index (χ3v) is 2.65. The molecule has 124 valence electrons. The van der Waals surface area contributed by atoms with E-state index >= 15 is 0 Å². The number of hydrogen-bond acceptors (Lipinski definition) is 4. The van der Waals surface area contributed by atoms with Gasteiger partial charge in [-0.2, -0.15) is 0 Å². The van der Waals surface area contributed by atoms with Gasteiger partial charge in [0.1, 0.15) is 5.75 Å². The van der Waals surface area contributed by atoms with Crippen molar-refractivity contribution in [2.45, 2.75) is 32.6 Å². The summed E-state index contributed by atoms with van der Waals surface area (Å²) >= 11 is 0. The van der Waals surface area contributed by atoms with Gasteiger partial charge in [-0.25, -0.2) is 9.59 Å². The van der Waals surface area contributed by atoms with Crippen LogP contribution in [0, 0.1) is 0 Å². The van der Waals surface area contributed by atoms with Crippen molar-refractivity contribution in [3.63, 3.8) is 0 Å². The van der Waals surface area contributed by atoms with E-state index in [2.05, 4.69) is 12.2 Å². The summed E-state index contributed by atoms with van der Waals surface area (Å²) in [5.41, 5.74) is 0. The molecule has 0 atom stereocenters. The first-order valence-corrected chi connectivity index (χ1v) is 7.42. The van der Waals surface area contributed by atoms with Gasteiger partial charge < -0.3 is 20.3 Å². The molecule has 0 spiro atoms. The van der Waals surface area contributed by atoms with Gasteiger partial charge in [0.15, 0.2) is 0 Å². The molecule has 0 aliphatic heterocycles. The molecule has 0 saturated carbocycles. The van der Waals surface area contributed by atoms with Crippen LogP contribution < -0.4 is 10.1 Å². The molecule has 0 heterocycles. The van der Waals surface area contributed by atoms with Crippen LogP contribution in [0.1, 0.15) is 32.6 Å². The zero-order valence-electron chi connectivity index (χ0n) is 13.0. The van der Waals surface area contributed by atoms with Gasteiger partial charge in [-0.3, -0.25) is 0 Å². The summed E-state index contributed by atoms with van der Waals surface area (Å²) < 4.78 is 5.61. The second-order valence-corrected chi connectivity index (χ2v) is 4.58. The second kappa shape index (κ2) is 13.9. The first kappa shape index (κ1) is 19.9. The molecule has 0 fully saturated rings. The molecule has 0 aliphatic rings. The van der Waals surface area contributed by atoms with E-state index in [4.69, 9.17) is 24.5 Å². The summed E-state index contributed by atoms with van der Waals surface area (Å²) in [5.74, 6) is -2.67. The number of para-hydroxylation sites is 1. The van der Waals surface area contributed by atoms with Gasteiger partial charge >= 0.3 is 11.9 Å². The summed E-state index contributed by atoms with van der Waals surface area (Å²) in [5, 5.41) is 18.2. The number of unbranched alkanes of at least 4 members (excludes halogenated alkanes) is 2. The molecule has 1 rings (SSSR count). The zero-order chi connectivity index (χ0) is 16.6. The number of hydrogen-bond donors (Lipinski definition) is 3. The highest BCUT2D eigenvalue weighted by Gasteiger charge is 2.04. The summed E-state index contributed by atoms with van der Waals surface area (Å²) in [6.07, 6.45) is 4.86. The molecule has 0 aromatic heterocycles. The molecule has 0 saturated heterocycles. The summed E-state index contributed by atoms with van der Waals surface area (Å²) in [4.78, 5) is 18.2. The Morgan fingerprint density at radius 1 is 1.00 bits per heavy atom. The molecule has 3 N–H and O–H groups in total. The number of carboxylic acids is 2. The SMILES string of the molecule is CCCCNCCCCOc1ccccc1.O=C(O)C(=O)O. The van der Waals surface area contributed by atoms with E-state index in [0.29, 0.717) is 0 Å². The molecule has 0 amide bonds. The van der Waals surface area contributed by atoms with Crippen LogP contribution in [0.3, 0.4) is 0 Å². The second-order valence-electron chi connectivity index (χ2n) is 4.58. The minimum atomic E-state index is -1.82. The van der Waals surface area contributed by atoms with Crippen molar-refractivity contribution in [1.29, 1.82) is 0 Å². The lowest BCUT2D eigenvalue weighted by atomic mass is 10.3. The first-order chi connectivity index (χ1) is 10.6. The fourth-order valence-corrected chi connectivity index (χ4v) is 1.49. The number of aliphatic carboxylic acids is 2. The molecule has 1 aromatic carbocycles. The number of carboxylic acid groups (broad SMARTS) is 2. The lowest BCUT2D eigenvalue weighted by molar-refractivity contribution is -0.159. The molecule has 6 nitrogen and oxygen atoms in total. The molecule has 1 aromatic rings. The number of ether oxygens (including phenoxy) is 1. The Hall–Kier alpha value is -2.08. The predicted octanol–water partition coefficient (Wildman–Crippen LogP) is 2.39. The smallest absolute Gasteiger partial charge is 0.414 e. The quantitative estimate of drug-likeness (QED) is 0.479. The van der Waals surface area contributed by atoms with Gasteiger partial charge in [-0.1, -0.05) is 31.5 Å². The van der Waals surface area contributed by atoms with Crippen LogP contribution in [0.5, 0.6) is 5.75 Å². The maximum absolute atomic E-state index is 9.10. The maximum atomic E-state index is 9.10. The molecular formula is C16H25NO5. The van der Waals surface area contributed by atoms with Gasteiger partial charge in [0.2, 0.25) is 0 Å². The van der Waals surface area contributed by atoms with Crippen LogP contribution in [0.2, 0.25) is 0 Å². The van der Waals surface area contributed by atoms with Gasteiger partial charge in [0.05, 0.1) is 6.61 Å². The molecule has 22 heavy (non-hydrogen) atoms. The van der Waals surface area contributed by atoms with Crippen molar-refractivity contribution in [1.82, 2.24) is 5.32 Å². The number of nitrogens with one attached hydrogen (secondary N) is 1. The van der Waals surface area contributed by atoms with E-state index in [9.17, 15) is 0 Å². The Kier molecular flexibility index (Phi) is 12.6. The van der Waals surface area contributed by atoms with Crippen LogP contribution >= 0.6 is 0 Å². The summed E-state index contributed by atoms with van der Waals surface area (Å²) in [7, 11) is 0. The van der Waals surface area contributed by atoms with Gasteiger partial charge in [0, 0.05) is 0 Å². The lowest BCUT2D eigenvalue weighted by Gasteiger charge is -2.06. The van der Waals surface area contributed by atoms with E-state index in [-0.39, 0.29) is 0 Å². The standard InChI is InChI=1S/C14H23NO.C2H2O4/c1-2-3-11-15-12-7-8-13-16-14-9-5-4-6-10-14;3-1(4)2(5)6/h4-6,9-10,15H,2-3,7-8,11-13H2,1H3;(H,3,4)(H,5,6). The third-order valence-electron chi connectivity index (χ3n) is 2.65. The Morgan fingerprint density at radius 3 is 2.14 bits per heavy atom. The number of rotatable bonds is 9. The fourth-order valence-electron chi connectivity index (χ4n) is 1.49. The average molecular weight is 311 g/mol. The zero-order valence-corrected chi connectivity index (χ0v) is 13.0. The minimum absolute atomic E-state index is 0.819. The van der Waals surface area contributed by atoms with Gasteiger partial charge in [-0.05, 0) is 44.5 Å². The summed E-state index contributed by atoms with van der Waals surface area (Å²) in [6.45, 7) is 5.29. The topological polar surface area (TPSA) is 95.9 Å². The highest BCUT2D eigenvalue weighted by atomic mass is 16.5. The molecular weight excluding hydrogens is 286 g/mol. The highest BCUT2D eigenvalue weighted by molar-refractivity contribution is 6.27. The Balaban J connectivity index is 0.000000626. The normalized spacial score (nSPS) is 9.50. The summed E-state index contributed by atoms with van der Waals surface area (Å²) in [6, 6.07) is 10.0. The van der Waals surface area contributed by atoms with E-state index in [1.165, 1.54) is 19.3 Å². The maximum Gasteiger partial charge on any atom is 0.414 e. The van der Waals surface area contributed by atoms with Crippen LogP contribution in [-0.2, 0) is 9.59 Å². The van der Waals surface area contributed by atoms with Gasteiger partial charge in [0.25, 0.3) is 0 Å². The lowest BCUT2D eigenvalue weighted by Crippen LogP contribution is -2.17. The number of benzene rings is 1. The molecule has 0 radical (unpaired) electrons. The van der Waals surface area contributed by atoms with Crippen molar-refractivity contribution in [2.24, 2.45) is 0 Å². The van der Waals surface area contributed by atoms with Crippen molar-refractivity contribution < 1.29 is 24.5 Å². The highest BCUT2D eigenvalue weighted by Crippen LogP contribution is 2.08. The molecule has 6 heteroatoms. The molecule has 0 unspecified atom stereocenters. The molecule has 0 bridgehead atoms. The third kappa shape index (κ3) is 12.9. The average Bonchev–Trinajstić information content (AvgIpc) is 2.51. The van der Waals surface area contributed by atoms with Crippen molar-refractivity contribution in [3.05, 3.63) is 30.3 Å². The fraction of sp³-hybridized carbons (Fsp3) is 0.500. The molecule has 0 aliphatic carbocycles. The largest absolute Gasteiger partial charge is 0.494 e. The van der Waals surface area contributed by atoms with Crippen LogP contribution in [0.4, 0.5) is 0 Å². The van der Waals surface area contributed by atoms with Gasteiger partial charge in [-0.15, -0.1) is 0 Å². The minimum Gasteiger partial charge on any atom is -0.494 e. The Labute approximate surface area is 131 Å². The monoisotopic (exact) mass is 311 g/mol. The van der Waals surface area contributed by atoms with Crippen LogP contribution in [-0.4, -0.2) is 41.8 Å². The van der Waals surface area contributed by atoms with Crippen LogP contribution in [0.25, 0.3) is 0 Å². The van der Waals surface area contributed by atoms with Crippen LogP contribution in [0.15, 0.2) is 30.3 Å². The van der Waals surface area contributed by atoms with Crippen molar-refractivity contribution in [3.8, 4) is 5.75 Å². The Morgan fingerprint density at radius 2 is 1.59 bits per heavy atom. The number of carbonyl (C=O) groups is 2. The van der Waals surface area contributed by atoms with E-state index < -0.39 is 11.9 Å². The Bertz CT molecular complexity index is 396. The van der Waals surface area contributed by atoms with Crippen molar-refractivity contribution >= 4 is 11.9 Å².